The molecule has 1 saturated carbocycles. The molecular weight excluding hydrogens is 418 g/mol. The number of carbonyl (C=O) groups is 1. The number of benzene rings is 1. The van der Waals surface area contributed by atoms with Gasteiger partial charge in [-0.05, 0) is 49.9 Å². The van der Waals surface area contributed by atoms with Crippen LogP contribution in [0, 0.1) is 12.8 Å². The van der Waals surface area contributed by atoms with Crippen molar-refractivity contribution in [2.75, 3.05) is 32.1 Å². The van der Waals surface area contributed by atoms with E-state index in [1.807, 2.05) is 12.1 Å². The molecule has 2 aromatic rings. The predicted octanol–water partition coefficient (Wildman–Crippen LogP) is 3.75. The van der Waals surface area contributed by atoms with Crippen molar-refractivity contribution >= 4 is 29.2 Å². The second-order valence-electron chi connectivity index (χ2n) is 8.54. The highest BCUT2D eigenvalue weighted by Crippen LogP contribution is 2.31. The van der Waals surface area contributed by atoms with Gasteiger partial charge in [-0.15, -0.1) is 5.10 Å². The van der Waals surface area contributed by atoms with Gasteiger partial charge in [0, 0.05) is 56.0 Å². The largest absolute Gasteiger partial charge is 0.405 e. The topological polar surface area (TPSA) is 83.7 Å². The smallest absolute Gasteiger partial charge is 0.320 e. The van der Waals surface area contributed by atoms with Gasteiger partial charge >= 0.3 is 6.01 Å². The summed E-state index contributed by atoms with van der Waals surface area (Å²) in [7, 11) is 1.58. The number of aromatic nitrogens is 2. The first-order valence-electron chi connectivity index (χ1n) is 10.8. The zero-order valence-electron chi connectivity index (χ0n) is 18.4. The van der Waals surface area contributed by atoms with Crippen LogP contribution in [0.4, 0.5) is 11.7 Å². The van der Waals surface area contributed by atoms with E-state index in [1.54, 1.807) is 7.11 Å². The van der Waals surface area contributed by atoms with Crippen molar-refractivity contribution in [3.05, 3.63) is 34.2 Å². The highest BCUT2D eigenvalue weighted by Gasteiger charge is 2.34. The van der Waals surface area contributed by atoms with E-state index in [4.69, 9.17) is 20.8 Å². The fraction of sp³-hybridized carbons (Fsp3) is 0.591. The SMILES string of the molecule is COCc1nnc(Nc2cc(Cl)cc(CN3CCN(C(=O)C4CCC4)[C@@H](C)C3)c2C)o1. The number of hydrogen-bond acceptors (Lipinski definition) is 7. The lowest BCUT2D eigenvalue weighted by Gasteiger charge is -2.42. The summed E-state index contributed by atoms with van der Waals surface area (Å²) in [4.78, 5) is 17.1. The Morgan fingerprint density at radius 1 is 1.32 bits per heavy atom. The van der Waals surface area contributed by atoms with Crippen LogP contribution in [-0.2, 0) is 22.7 Å². The summed E-state index contributed by atoms with van der Waals surface area (Å²) < 4.78 is 10.6. The number of ether oxygens (including phenoxy) is 1. The molecule has 0 spiro atoms. The van der Waals surface area contributed by atoms with Crippen molar-refractivity contribution in [2.24, 2.45) is 5.92 Å². The summed E-state index contributed by atoms with van der Waals surface area (Å²) in [5.74, 6) is 1.01. The van der Waals surface area contributed by atoms with Crippen LogP contribution in [0.1, 0.15) is 43.2 Å². The molecule has 1 aliphatic heterocycles. The van der Waals surface area contributed by atoms with Gasteiger partial charge in [-0.2, -0.15) is 0 Å². The molecule has 9 heteroatoms. The van der Waals surface area contributed by atoms with Crippen molar-refractivity contribution in [3.8, 4) is 0 Å². The number of piperazine rings is 1. The fourth-order valence-corrected chi connectivity index (χ4v) is 4.51. The summed E-state index contributed by atoms with van der Waals surface area (Å²) in [5, 5.41) is 11.8. The van der Waals surface area contributed by atoms with E-state index in [-0.39, 0.29) is 18.6 Å². The summed E-state index contributed by atoms with van der Waals surface area (Å²) in [6, 6.07) is 4.39. The first kappa shape index (κ1) is 22.0. The van der Waals surface area contributed by atoms with Gasteiger partial charge in [-0.3, -0.25) is 9.69 Å². The summed E-state index contributed by atoms with van der Waals surface area (Å²) in [5.41, 5.74) is 3.05. The Hall–Kier alpha value is -2.16. The third-order valence-corrected chi connectivity index (χ3v) is 6.52. The monoisotopic (exact) mass is 447 g/mol. The quantitative estimate of drug-likeness (QED) is 0.691. The molecule has 168 valence electrons. The average Bonchev–Trinajstić information content (AvgIpc) is 3.11. The van der Waals surface area contributed by atoms with Gasteiger partial charge in [0.1, 0.15) is 6.61 Å². The van der Waals surface area contributed by atoms with Crippen LogP contribution < -0.4 is 5.32 Å². The molecule has 2 aliphatic rings. The Morgan fingerprint density at radius 2 is 2.13 bits per heavy atom. The van der Waals surface area contributed by atoms with Crippen molar-refractivity contribution in [2.45, 2.75) is 52.3 Å². The molecule has 2 heterocycles. The number of rotatable bonds is 7. The van der Waals surface area contributed by atoms with Gasteiger partial charge < -0.3 is 19.4 Å². The Bertz CT molecular complexity index is 930. The minimum Gasteiger partial charge on any atom is -0.405 e. The molecule has 2 fully saturated rings. The van der Waals surface area contributed by atoms with Crippen molar-refractivity contribution < 1.29 is 13.9 Å². The van der Waals surface area contributed by atoms with Crippen LogP contribution >= 0.6 is 11.6 Å². The zero-order valence-corrected chi connectivity index (χ0v) is 19.1. The third-order valence-electron chi connectivity index (χ3n) is 6.30. The molecule has 1 aromatic carbocycles. The van der Waals surface area contributed by atoms with Gasteiger partial charge in [-0.1, -0.05) is 23.1 Å². The van der Waals surface area contributed by atoms with E-state index in [0.29, 0.717) is 22.8 Å². The third kappa shape index (κ3) is 5.02. The van der Waals surface area contributed by atoms with Gasteiger partial charge in [-0.25, -0.2) is 0 Å². The molecule has 0 bridgehead atoms. The predicted molar refractivity (Wildman–Crippen MR) is 118 cm³/mol. The molecule has 31 heavy (non-hydrogen) atoms. The Labute approximate surface area is 187 Å². The van der Waals surface area contributed by atoms with Crippen LogP contribution in [0.25, 0.3) is 0 Å². The van der Waals surface area contributed by atoms with E-state index < -0.39 is 0 Å². The summed E-state index contributed by atoms with van der Waals surface area (Å²) in [6.07, 6.45) is 3.29. The van der Waals surface area contributed by atoms with Gasteiger partial charge in [0.25, 0.3) is 0 Å². The normalized spacial score (nSPS) is 20.0. The highest BCUT2D eigenvalue weighted by atomic mass is 35.5. The maximum atomic E-state index is 12.7. The van der Waals surface area contributed by atoms with Gasteiger partial charge in [0.15, 0.2) is 0 Å². The van der Waals surface area contributed by atoms with Gasteiger partial charge in [0.2, 0.25) is 11.8 Å². The van der Waals surface area contributed by atoms with E-state index in [2.05, 4.69) is 39.2 Å². The number of anilines is 2. The Balaban J connectivity index is 1.42. The van der Waals surface area contributed by atoms with Crippen molar-refractivity contribution in [1.29, 1.82) is 0 Å². The molecule has 1 aromatic heterocycles. The molecule has 1 aliphatic carbocycles. The molecule has 1 saturated heterocycles. The van der Waals surface area contributed by atoms with Crippen molar-refractivity contribution in [1.82, 2.24) is 20.0 Å². The molecule has 1 amide bonds. The van der Waals surface area contributed by atoms with Crippen LogP contribution in [0.2, 0.25) is 5.02 Å². The standard InChI is InChI=1S/C22H30ClN5O3/c1-14-11-27(7-8-28(14)21(29)16-5-4-6-16)12-17-9-18(23)10-19(15(17)2)24-22-26-25-20(31-22)13-30-3/h9-10,14,16H,4-8,11-13H2,1-3H3,(H,24,26)/t14-/m0/s1. The summed E-state index contributed by atoms with van der Waals surface area (Å²) >= 11 is 6.41. The first-order valence-corrected chi connectivity index (χ1v) is 11.2. The Morgan fingerprint density at radius 3 is 2.81 bits per heavy atom. The number of hydrogen-bond donors (Lipinski definition) is 1. The number of nitrogens with one attached hydrogen (secondary N) is 1. The van der Waals surface area contributed by atoms with Crippen LogP contribution in [-0.4, -0.2) is 58.7 Å². The minimum absolute atomic E-state index is 0.219. The lowest BCUT2D eigenvalue weighted by Crippen LogP contribution is -2.55. The van der Waals surface area contributed by atoms with E-state index in [9.17, 15) is 4.79 Å². The molecular formula is C22H30ClN5O3. The van der Waals surface area contributed by atoms with Gasteiger partial charge in [0.05, 0.1) is 0 Å². The number of amides is 1. The second kappa shape index (κ2) is 9.54. The highest BCUT2D eigenvalue weighted by molar-refractivity contribution is 6.31. The van der Waals surface area contributed by atoms with Crippen LogP contribution in [0.15, 0.2) is 16.5 Å². The molecule has 0 unspecified atom stereocenters. The van der Waals surface area contributed by atoms with E-state index in [0.717, 1.165) is 55.8 Å². The van der Waals surface area contributed by atoms with Crippen LogP contribution in [0.3, 0.4) is 0 Å². The molecule has 1 N–H and O–H groups in total. The lowest BCUT2D eigenvalue weighted by molar-refractivity contribution is -0.142. The maximum absolute atomic E-state index is 12.7. The number of methoxy groups -OCH3 is 1. The number of carbonyl (C=O) groups excluding carboxylic acids is 1. The van der Waals surface area contributed by atoms with E-state index in [1.165, 1.54) is 6.42 Å². The average molecular weight is 448 g/mol. The fourth-order valence-electron chi connectivity index (χ4n) is 4.27. The first-order chi connectivity index (χ1) is 14.9. The molecule has 4 rings (SSSR count). The second-order valence-corrected chi connectivity index (χ2v) is 8.98. The number of halogens is 1. The molecule has 1 atom stereocenters. The number of nitrogens with zero attached hydrogens (tertiary/aromatic N) is 4. The molecule has 0 radical (unpaired) electrons. The summed E-state index contributed by atoms with van der Waals surface area (Å²) in [6.45, 7) is 7.75. The lowest BCUT2D eigenvalue weighted by atomic mass is 9.84. The molecule has 8 nitrogen and oxygen atoms in total. The van der Waals surface area contributed by atoms with E-state index >= 15 is 0 Å². The van der Waals surface area contributed by atoms with Crippen molar-refractivity contribution in [3.63, 3.8) is 0 Å². The van der Waals surface area contributed by atoms with Crippen LogP contribution in [0.5, 0.6) is 0 Å². The zero-order chi connectivity index (χ0) is 22.0. The minimum atomic E-state index is 0.219. The maximum Gasteiger partial charge on any atom is 0.320 e. The Kier molecular flexibility index (Phi) is 6.79.